The largest absolute Gasteiger partial charge is 0.352 e. The van der Waals surface area contributed by atoms with Crippen molar-refractivity contribution in [3.05, 3.63) is 35.6 Å². The highest BCUT2D eigenvalue weighted by Crippen LogP contribution is 2.66. The number of nitrogens with zero attached hydrogens (tertiary/aromatic N) is 1. The van der Waals surface area contributed by atoms with Crippen LogP contribution in [0.15, 0.2) is 24.3 Å². The minimum absolute atomic E-state index is 0.0356. The number of benzene rings is 1. The van der Waals surface area contributed by atoms with Crippen LogP contribution in [0.2, 0.25) is 0 Å². The SMILES string of the molecule is CN1C(=O)C(F)C[C@]2(C)[C@H]3CC[C@]4(C)[C@@H](C(=O)NCc5ccccc5F)CC[C@H]4[C@@H]3CC[C@@H]12. The van der Waals surface area contributed by atoms with Crippen molar-refractivity contribution in [1.82, 2.24) is 10.2 Å². The van der Waals surface area contributed by atoms with E-state index in [-0.39, 0.29) is 47.0 Å². The zero-order valence-electron chi connectivity index (χ0n) is 19.9. The molecule has 2 amide bonds. The minimum atomic E-state index is -1.40. The van der Waals surface area contributed by atoms with Crippen LogP contribution in [-0.2, 0) is 16.1 Å². The van der Waals surface area contributed by atoms with E-state index in [0.717, 1.165) is 38.5 Å². The van der Waals surface area contributed by atoms with E-state index in [1.54, 1.807) is 30.1 Å². The number of halogens is 2. The molecule has 0 bridgehead atoms. The Hall–Kier alpha value is -1.98. The van der Waals surface area contributed by atoms with Crippen molar-refractivity contribution in [3.63, 3.8) is 0 Å². The summed E-state index contributed by atoms with van der Waals surface area (Å²) in [5.41, 5.74) is 0.240. The number of likely N-dealkylation sites (tertiary alicyclic amines) is 1. The third kappa shape index (κ3) is 3.42. The first-order valence-corrected chi connectivity index (χ1v) is 12.6. The van der Waals surface area contributed by atoms with E-state index in [2.05, 4.69) is 19.2 Å². The fourth-order valence-corrected chi connectivity index (χ4v) is 8.59. The highest BCUT2D eigenvalue weighted by Gasteiger charge is 2.63. The lowest BCUT2D eigenvalue weighted by Crippen LogP contribution is -2.64. The van der Waals surface area contributed by atoms with Gasteiger partial charge in [0.2, 0.25) is 5.91 Å². The number of nitrogens with one attached hydrogen (secondary N) is 1. The van der Waals surface area contributed by atoms with Gasteiger partial charge in [-0.05, 0) is 79.6 Å². The van der Waals surface area contributed by atoms with Gasteiger partial charge in [0.25, 0.3) is 5.91 Å². The Morgan fingerprint density at radius 3 is 2.58 bits per heavy atom. The van der Waals surface area contributed by atoms with Gasteiger partial charge in [-0.1, -0.05) is 32.0 Å². The molecular formula is C27H36F2N2O2. The average molecular weight is 459 g/mol. The van der Waals surface area contributed by atoms with Gasteiger partial charge >= 0.3 is 0 Å². The maximum atomic E-state index is 14.7. The van der Waals surface area contributed by atoms with Crippen molar-refractivity contribution in [2.24, 2.45) is 34.5 Å². The molecule has 5 rings (SSSR count). The number of rotatable bonds is 3. The monoisotopic (exact) mass is 458 g/mol. The first kappa shape index (κ1) is 22.8. The van der Waals surface area contributed by atoms with Crippen molar-refractivity contribution >= 4 is 11.8 Å². The van der Waals surface area contributed by atoms with Crippen LogP contribution in [0.3, 0.4) is 0 Å². The minimum Gasteiger partial charge on any atom is -0.352 e. The van der Waals surface area contributed by atoms with E-state index in [9.17, 15) is 18.4 Å². The number of amides is 2. The summed E-state index contributed by atoms with van der Waals surface area (Å²) >= 11 is 0. The van der Waals surface area contributed by atoms with Crippen molar-refractivity contribution in [2.75, 3.05) is 7.05 Å². The molecule has 0 spiro atoms. The lowest BCUT2D eigenvalue weighted by atomic mass is 9.46. The second-order valence-corrected chi connectivity index (χ2v) is 11.6. The van der Waals surface area contributed by atoms with Gasteiger partial charge < -0.3 is 10.2 Å². The summed E-state index contributed by atoms with van der Waals surface area (Å²) in [6.45, 7) is 4.70. The Labute approximate surface area is 195 Å². The fraction of sp³-hybridized carbons (Fsp3) is 0.704. The molecule has 3 saturated carbocycles. The van der Waals surface area contributed by atoms with E-state index in [1.165, 1.54) is 6.07 Å². The maximum absolute atomic E-state index is 14.7. The molecule has 0 radical (unpaired) electrons. The summed E-state index contributed by atoms with van der Waals surface area (Å²) in [5.74, 6) is 0.634. The highest BCUT2D eigenvalue weighted by molar-refractivity contribution is 5.82. The zero-order valence-corrected chi connectivity index (χ0v) is 19.9. The maximum Gasteiger partial charge on any atom is 0.257 e. The number of fused-ring (bicyclic) bond motifs is 5. The van der Waals surface area contributed by atoms with Gasteiger partial charge in [0, 0.05) is 31.1 Å². The molecule has 3 aliphatic carbocycles. The molecule has 1 saturated heterocycles. The summed E-state index contributed by atoms with van der Waals surface area (Å²) in [6.07, 6.45) is 4.71. The standard InChI is InChI=1S/C27H36F2N2O2/c1-26-13-12-19-17(8-11-23-27(19,2)14-22(29)25(33)31(23)3)18(26)9-10-20(26)24(32)30-15-16-6-4-5-7-21(16)28/h4-7,17-20,22-23H,8-15H2,1-3H3,(H,30,32)/t17-,18-,19-,20+,22?,23+,26-,27+/m0/s1. The topological polar surface area (TPSA) is 49.4 Å². The average Bonchev–Trinajstić information content (AvgIpc) is 3.14. The molecule has 1 aliphatic heterocycles. The van der Waals surface area contributed by atoms with Crippen LogP contribution in [-0.4, -0.2) is 36.0 Å². The summed E-state index contributed by atoms with van der Waals surface area (Å²) < 4.78 is 28.7. The summed E-state index contributed by atoms with van der Waals surface area (Å²) in [5, 5.41) is 3.01. The molecule has 4 fully saturated rings. The van der Waals surface area contributed by atoms with E-state index in [1.807, 2.05) is 0 Å². The number of alkyl halides is 1. The number of carbonyl (C=O) groups excluding carboxylic acids is 2. The molecule has 1 aromatic carbocycles. The van der Waals surface area contributed by atoms with E-state index in [4.69, 9.17) is 0 Å². The smallest absolute Gasteiger partial charge is 0.257 e. The molecular weight excluding hydrogens is 422 g/mol. The second-order valence-electron chi connectivity index (χ2n) is 11.6. The van der Waals surface area contributed by atoms with Gasteiger partial charge in [-0.25, -0.2) is 8.78 Å². The summed E-state index contributed by atoms with van der Waals surface area (Å²) in [7, 11) is 1.77. The first-order chi connectivity index (χ1) is 15.7. The van der Waals surface area contributed by atoms with Crippen molar-refractivity contribution in [3.8, 4) is 0 Å². The van der Waals surface area contributed by atoms with Crippen LogP contribution < -0.4 is 5.32 Å². The molecule has 33 heavy (non-hydrogen) atoms. The van der Waals surface area contributed by atoms with Crippen LogP contribution in [0.1, 0.15) is 64.4 Å². The number of hydrogen-bond acceptors (Lipinski definition) is 2. The lowest BCUT2D eigenvalue weighted by Gasteiger charge is -2.62. The van der Waals surface area contributed by atoms with Gasteiger partial charge in [-0.15, -0.1) is 0 Å². The molecule has 1 N–H and O–H groups in total. The van der Waals surface area contributed by atoms with Crippen LogP contribution in [0.4, 0.5) is 8.78 Å². The molecule has 1 unspecified atom stereocenters. The van der Waals surface area contributed by atoms with Crippen LogP contribution >= 0.6 is 0 Å². The zero-order chi connectivity index (χ0) is 23.5. The molecule has 4 nitrogen and oxygen atoms in total. The van der Waals surface area contributed by atoms with Crippen molar-refractivity contribution in [1.29, 1.82) is 0 Å². The van der Waals surface area contributed by atoms with Crippen LogP contribution in [0, 0.1) is 40.3 Å². The molecule has 1 heterocycles. The van der Waals surface area contributed by atoms with Gasteiger partial charge in [-0.3, -0.25) is 9.59 Å². The number of carbonyl (C=O) groups is 2. The first-order valence-electron chi connectivity index (χ1n) is 12.6. The van der Waals surface area contributed by atoms with Crippen molar-refractivity contribution in [2.45, 2.75) is 77.6 Å². The van der Waals surface area contributed by atoms with E-state index in [0.29, 0.717) is 29.7 Å². The molecule has 4 aliphatic rings. The van der Waals surface area contributed by atoms with Gasteiger partial charge in [0.05, 0.1) is 0 Å². The quantitative estimate of drug-likeness (QED) is 0.703. The number of hydrogen-bond donors (Lipinski definition) is 1. The molecule has 6 heteroatoms. The van der Waals surface area contributed by atoms with E-state index >= 15 is 0 Å². The summed E-state index contributed by atoms with van der Waals surface area (Å²) in [4.78, 5) is 27.2. The lowest BCUT2D eigenvalue weighted by molar-refractivity contribution is -0.169. The molecule has 8 atom stereocenters. The fourth-order valence-electron chi connectivity index (χ4n) is 8.59. The second kappa shape index (κ2) is 8.06. The van der Waals surface area contributed by atoms with Crippen molar-refractivity contribution < 1.29 is 18.4 Å². The van der Waals surface area contributed by atoms with Crippen LogP contribution in [0.25, 0.3) is 0 Å². The van der Waals surface area contributed by atoms with Gasteiger partial charge in [-0.2, -0.15) is 0 Å². The molecule has 1 aromatic rings. The molecule has 0 aromatic heterocycles. The predicted molar refractivity (Wildman–Crippen MR) is 122 cm³/mol. The Bertz CT molecular complexity index is 954. The predicted octanol–water partition coefficient (Wildman–Crippen LogP) is 4.87. The van der Waals surface area contributed by atoms with Gasteiger partial charge in [0.1, 0.15) is 5.82 Å². The third-order valence-corrected chi connectivity index (χ3v) is 10.2. The Morgan fingerprint density at radius 1 is 1.09 bits per heavy atom. The Morgan fingerprint density at radius 2 is 1.82 bits per heavy atom. The molecule has 180 valence electrons. The van der Waals surface area contributed by atoms with Crippen LogP contribution in [0.5, 0.6) is 0 Å². The number of piperidine rings is 1. The van der Waals surface area contributed by atoms with Gasteiger partial charge in [0.15, 0.2) is 6.17 Å². The normalized spacial score (nSPS) is 42.3. The highest BCUT2D eigenvalue weighted by atomic mass is 19.1. The third-order valence-electron chi connectivity index (χ3n) is 10.2. The van der Waals surface area contributed by atoms with E-state index < -0.39 is 6.17 Å². The Kier molecular flexibility index (Phi) is 5.56. The Balaban J connectivity index is 1.32. The summed E-state index contributed by atoms with van der Waals surface area (Å²) in [6, 6.07) is 6.69.